The molecule has 0 aliphatic carbocycles. The second-order valence-corrected chi connectivity index (χ2v) is 4.15. The maximum absolute atomic E-state index is 12.1. The zero-order valence-electron chi connectivity index (χ0n) is 9.84. The van der Waals surface area contributed by atoms with Crippen molar-refractivity contribution in [2.75, 3.05) is 20.2 Å². The van der Waals surface area contributed by atoms with Crippen LogP contribution in [0.25, 0.3) is 0 Å². The number of rotatable bonds is 4. The molecule has 0 radical (unpaired) electrons. The van der Waals surface area contributed by atoms with E-state index >= 15 is 0 Å². The van der Waals surface area contributed by atoms with Gasteiger partial charge in [0.1, 0.15) is 12.0 Å². The van der Waals surface area contributed by atoms with Crippen molar-refractivity contribution in [2.45, 2.75) is 12.8 Å². The predicted molar refractivity (Wildman–Crippen MR) is 58.6 cm³/mol. The highest BCUT2D eigenvalue weighted by atomic mass is 19.3. The van der Waals surface area contributed by atoms with E-state index in [-0.39, 0.29) is 23.9 Å². The summed E-state index contributed by atoms with van der Waals surface area (Å²) in [5, 5.41) is 0. The topological polar surface area (TPSA) is 55.3 Å². The Kier molecular flexibility index (Phi) is 3.69. The number of methoxy groups -OCH3 is 1. The normalized spacial score (nSPS) is 15.7. The lowest BCUT2D eigenvalue weighted by atomic mass is 9.96. The molecule has 1 saturated heterocycles. The van der Waals surface area contributed by atoms with Crippen LogP contribution in [-0.2, 0) is 0 Å². The van der Waals surface area contributed by atoms with E-state index in [0.29, 0.717) is 19.0 Å². The van der Waals surface area contributed by atoms with Crippen LogP contribution in [0, 0.1) is 5.92 Å². The lowest BCUT2D eigenvalue weighted by Crippen LogP contribution is -2.50. The number of alkyl halides is 2. The molecule has 0 atom stereocenters. The molecule has 98 valence electrons. The molecule has 0 saturated carbocycles. The van der Waals surface area contributed by atoms with Gasteiger partial charge < -0.3 is 9.64 Å². The van der Waals surface area contributed by atoms with Gasteiger partial charge in [-0.1, -0.05) is 0 Å². The van der Waals surface area contributed by atoms with Crippen LogP contribution in [0.2, 0.25) is 0 Å². The number of carbonyl (C=O) groups is 1. The summed E-state index contributed by atoms with van der Waals surface area (Å²) in [6, 6.07) is 1.43. The number of carbonyl (C=O) groups excluding carboxylic acids is 1. The van der Waals surface area contributed by atoms with Gasteiger partial charge in [0.15, 0.2) is 0 Å². The zero-order chi connectivity index (χ0) is 13.1. The Bertz CT molecular complexity index is 436. The number of nitrogens with zero attached hydrogens (tertiary/aromatic N) is 3. The summed E-state index contributed by atoms with van der Waals surface area (Å²) in [5.41, 5.74) is 0.220. The molecule has 2 heterocycles. The number of hydrogen-bond donors (Lipinski definition) is 0. The van der Waals surface area contributed by atoms with Crippen molar-refractivity contribution in [3.8, 4) is 5.88 Å². The van der Waals surface area contributed by atoms with Crippen molar-refractivity contribution in [2.24, 2.45) is 5.92 Å². The van der Waals surface area contributed by atoms with E-state index in [2.05, 4.69) is 9.97 Å². The standard InChI is InChI=1S/C11H13F2N3O2/c1-18-10-3-8(14-6-15-10)11(17)16-4-7(5-16)2-9(12)13/h3,6-7,9H,2,4-5H2,1H3. The van der Waals surface area contributed by atoms with Crippen molar-refractivity contribution >= 4 is 5.91 Å². The number of aromatic nitrogens is 2. The van der Waals surface area contributed by atoms with Gasteiger partial charge in [-0.05, 0) is 5.92 Å². The molecule has 1 aromatic rings. The Hall–Kier alpha value is -1.79. The van der Waals surface area contributed by atoms with Gasteiger partial charge in [-0.3, -0.25) is 4.79 Å². The number of hydrogen-bond acceptors (Lipinski definition) is 4. The number of amides is 1. The molecular weight excluding hydrogens is 244 g/mol. The Morgan fingerprint density at radius 2 is 2.28 bits per heavy atom. The van der Waals surface area contributed by atoms with Crippen LogP contribution >= 0.6 is 0 Å². The monoisotopic (exact) mass is 257 g/mol. The highest BCUT2D eigenvalue weighted by Crippen LogP contribution is 2.24. The van der Waals surface area contributed by atoms with E-state index in [1.54, 1.807) is 0 Å². The fraction of sp³-hybridized carbons (Fsp3) is 0.545. The van der Waals surface area contributed by atoms with E-state index in [4.69, 9.17) is 4.74 Å². The van der Waals surface area contributed by atoms with E-state index in [1.807, 2.05) is 0 Å². The summed E-state index contributed by atoms with van der Waals surface area (Å²) >= 11 is 0. The summed E-state index contributed by atoms with van der Waals surface area (Å²) in [4.78, 5) is 21.1. The van der Waals surface area contributed by atoms with Gasteiger partial charge in [-0.15, -0.1) is 0 Å². The Morgan fingerprint density at radius 3 is 2.89 bits per heavy atom. The maximum atomic E-state index is 12.1. The molecule has 1 aliphatic heterocycles. The first-order valence-electron chi connectivity index (χ1n) is 5.53. The highest BCUT2D eigenvalue weighted by Gasteiger charge is 2.33. The van der Waals surface area contributed by atoms with Crippen molar-refractivity contribution in [3.63, 3.8) is 0 Å². The molecule has 1 aromatic heterocycles. The van der Waals surface area contributed by atoms with Crippen molar-refractivity contribution < 1.29 is 18.3 Å². The average molecular weight is 257 g/mol. The molecule has 18 heavy (non-hydrogen) atoms. The van der Waals surface area contributed by atoms with Crippen LogP contribution in [-0.4, -0.2) is 47.4 Å². The van der Waals surface area contributed by atoms with Crippen LogP contribution in [0.15, 0.2) is 12.4 Å². The second kappa shape index (κ2) is 5.24. The summed E-state index contributed by atoms with van der Waals surface area (Å²) in [5.74, 6) is -0.0862. The third kappa shape index (κ3) is 2.72. The summed E-state index contributed by atoms with van der Waals surface area (Å²) < 4.78 is 29.1. The van der Waals surface area contributed by atoms with Crippen LogP contribution in [0.4, 0.5) is 8.78 Å². The molecule has 0 bridgehead atoms. The lowest BCUT2D eigenvalue weighted by molar-refractivity contribution is 0.0276. The molecular formula is C11H13F2N3O2. The molecule has 0 spiro atoms. The Balaban J connectivity index is 1.93. The average Bonchev–Trinajstić information content (AvgIpc) is 2.32. The molecule has 1 amide bonds. The van der Waals surface area contributed by atoms with Crippen LogP contribution in [0.1, 0.15) is 16.9 Å². The SMILES string of the molecule is COc1cc(C(=O)N2CC(CC(F)F)C2)ncn1. The molecule has 2 rings (SSSR count). The maximum Gasteiger partial charge on any atom is 0.272 e. The quantitative estimate of drug-likeness (QED) is 0.813. The minimum Gasteiger partial charge on any atom is -0.481 e. The molecule has 0 unspecified atom stereocenters. The first-order chi connectivity index (χ1) is 8.60. The minimum absolute atomic E-state index is 0.113. The number of ether oxygens (including phenoxy) is 1. The van der Waals surface area contributed by atoms with Gasteiger partial charge in [0.25, 0.3) is 5.91 Å². The van der Waals surface area contributed by atoms with Crippen LogP contribution in [0.3, 0.4) is 0 Å². The summed E-state index contributed by atoms with van der Waals surface area (Å²) in [6.07, 6.45) is -1.23. The molecule has 7 heteroatoms. The van der Waals surface area contributed by atoms with Crippen molar-refractivity contribution in [3.05, 3.63) is 18.1 Å². The van der Waals surface area contributed by atoms with E-state index in [9.17, 15) is 13.6 Å². The van der Waals surface area contributed by atoms with Crippen LogP contribution < -0.4 is 4.74 Å². The minimum atomic E-state index is -2.31. The molecule has 1 fully saturated rings. The molecule has 1 aliphatic rings. The third-order valence-electron chi connectivity index (χ3n) is 2.83. The second-order valence-electron chi connectivity index (χ2n) is 4.15. The van der Waals surface area contributed by atoms with Gasteiger partial charge in [0, 0.05) is 25.6 Å². The highest BCUT2D eigenvalue weighted by molar-refractivity contribution is 5.93. The van der Waals surface area contributed by atoms with E-state index < -0.39 is 6.43 Å². The largest absolute Gasteiger partial charge is 0.481 e. The summed E-state index contributed by atoms with van der Waals surface area (Å²) in [7, 11) is 1.44. The van der Waals surface area contributed by atoms with Gasteiger partial charge in [0.05, 0.1) is 7.11 Å². The van der Waals surface area contributed by atoms with Gasteiger partial charge in [-0.2, -0.15) is 0 Å². The van der Waals surface area contributed by atoms with Gasteiger partial charge in [-0.25, -0.2) is 18.7 Å². The first-order valence-corrected chi connectivity index (χ1v) is 5.53. The van der Waals surface area contributed by atoms with Crippen LogP contribution in [0.5, 0.6) is 5.88 Å². The summed E-state index contributed by atoms with van der Waals surface area (Å²) in [6.45, 7) is 0.713. The fourth-order valence-corrected chi connectivity index (χ4v) is 1.87. The van der Waals surface area contributed by atoms with Gasteiger partial charge in [0.2, 0.25) is 12.3 Å². The van der Waals surface area contributed by atoms with Crippen molar-refractivity contribution in [1.29, 1.82) is 0 Å². The number of likely N-dealkylation sites (tertiary alicyclic amines) is 1. The molecule has 0 aromatic carbocycles. The zero-order valence-corrected chi connectivity index (χ0v) is 9.84. The van der Waals surface area contributed by atoms with Crippen molar-refractivity contribution in [1.82, 2.24) is 14.9 Å². The predicted octanol–water partition coefficient (Wildman–Crippen LogP) is 1.21. The fourth-order valence-electron chi connectivity index (χ4n) is 1.87. The Labute approximate surface area is 103 Å². The van der Waals surface area contributed by atoms with E-state index in [0.717, 1.165) is 0 Å². The molecule has 5 nitrogen and oxygen atoms in total. The lowest BCUT2D eigenvalue weighted by Gasteiger charge is -2.38. The number of halogens is 2. The smallest absolute Gasteiger partial charge is 0.272 e. The Morgan fingerprint density at radius 1 is 1.56 bits per heavy atom. The van der Waals surface area contributed by atoms with Gasteiger partial charge >= 0.3 is 0 Å². The third-order valence-corrected chi connectivity index (χ3v) is 2.83. The van der Waals surface area contributed by atoms with E-state index in [1.165, 1.54) is 24.4 Å². The molecule has 0 N–H and O–H groups in total. The first kappa shape index (κ1) is 12.7.